The Morgan fingerprint density at radius 3 is 2.30 bits per heavy atom. The molecule has 0 amide bonds. The zero-order valence-corrected chi connectivity index (χ0v) is 5.80. The first-order chi connectivity index (χ1) is 4.33. The number of hydrogen-bond donors (Lipinski definition) is 1. The highest BCUT2D eigenvalue weighted by atomic mass is 16.4. The van der Waals surface area contributed by atoms with E-state index in [-0.39, 0.29) is 7.43 Å². The van der Waals surface area contributed by atoms with Crippen molar-refractivity contribution in [3.8, 4) is 0 Å². The summed E-state index contributed by atoms with van der Waals surface area (Å²) >= 11 is 0. The van der Waals surface area contributed by atoms with E-state index in [4.69, 9.17) is 5.21 Å². The second-order valence-corrected chi connectivity index (χ2v) is 2.85. The zero-order valence-electron chi connectivity index (χ0n) is 5.80. The molecule has 2 heteroatoms. The van der Waals surface area contributed by atoms with Crippen LogP contribution in [0.1, 0.15) is 40.0 Å². The van der Waals surface area contributed by atoms with Crippen LogP contribution < -0.4 is 0 Å². The first-order valence-corrected chi connectivity index (χ1v) is 3.52. The highest BCUT2D eigenvalue weighted by Crippen LogP contribution is 2.20. The smallest absolute Gasteiger partial charge is 0.0571 e. The molecule has 1 N–H and O–H groups in total. The fourth-order valence-corrected chi connectivity index (χ4v) is 1.20. The molecule has 0 unspecified atom stereocenters. The minimum atomic E-state index is 0. The van der Waals surface area contributed by atoms with Crippen LogP contribution in [0.3, 0.4) is 0 Å². The maximum Gasteiger partial charge on any atom is 0.0571 e. The summed E-state index contributed by atoms with van der Waals surface area (Å²) in [5.74, 6) is 0.829. The lowest BCUT2D eigenvalue weighted by molar-refractivity contribution is 0.311. The maximum absolute atomic E-state index is 8.37. The van der Waals surface area contributed by atoms with Gasteiger partial charge in [-0.2, -0.15) is 0 Å². The van der Waals surface area contributed by atoms with Gasteiger partial charge in [0.1, 0.15) is 0 Å². The number of oxime groups is 1. The Bertz CT molecular complexity index is 110. The van der Waals surface area contributed by atoms with Crippen LogP contribution in [0.5, 0.6) is 0 Å². The molecule has 1 aliphatic rings. The summed E-state index contributed by atoms with van der Waals surface area (Å²) in [5.41, 5.74) is 0.980. The molecule has 1 saturated carbocycles. The van der Waals surface area contributed by atoms with Crippen LogP contribution in [0, 0.1) is 5.92 Å². The van der Waals surface area contributed by atoms with E-state index in [1.165, 1.54) is 12.8 Å². The second kappa shape index (κ2) is 4.31. The predicted molar refractivity (Wildman–Crippen MR) is 43.6 cm³/mol. The summed E-state index contributed by atoms with van der Waals surface area (Å²) in [4.78, 5) is 0. The van der Waals surface area contributed by atoms with Gasteiger partial charge < -0.3 is 5.21 Å². The quantitative estimate of drug-likeness (QED) is 0.410. The first-order valence-electron chi connectivity index (χ1n) is 3.52. The van der Waals surface area contributed by atoms with Crippen LogP contribution in [0.15, 0.2) is 5.16 Å². The van der Waals surface area contributed by atoms with E-state index >= 15 is 0 Å². The van der Waals surface area contributed by atoms with E-state index in [1.807, 2.05) is 0 Å². The molecule has 1 aliphatic carbocycles. The molecule has 0 saturated heterocycles. The van der Waals surface area contributed by atoms with Gasteiger partial charge >= 0.3 is 0 Å². The minimum Gasteiger partial charge on any atom is -0.411 e. The normalized spacial score (nSPS) is 25.3. The molecule has 1 fully saturated rings. The Kier molecular flexibility index (Phi) is 4.08. The van der Waals surface area contributed by atoms with Crippen molar-refractivity contribution in [2.75, 3.05) is 0 Å². The van der Waals surface area contributed by atoms with Gasteiger partial charge in [-0.15, -0.1) is 0 Å². The highest BCUT2D eigenvalue weighted by Gasteiger charge is 2.12. The molecule has 0 aliphatic heterocycles. The van der Waals surface area contributed by atoms with E-state index in [0.29, 0.717) is 0 Å². The van der Waals surface area contributed by atoms with E-state index < -0.39 is 0 Å². The SMILES string of the molecule is C.CC1CCC(=NO)CC1. The topological polar surface area (TPSA) is 32.6 Å². The van der Waals surface area contributed by atoms with Crippen molar-refractivity contribution < 1.29 is 5.21 Å². The molecule has 0 bridgehead atoms. The van der Waals surface area contributed by atoms with Gasteiger partial charge in [0.2, 0.25) is 0 Å². The summed E-state index contributed by atoms with van der Waals surface area (Å²) in [6.45, 7) is 2.24. The second-order valence-electron chi connectivity index (χ2n) is 2.85. The van der Waals surface area contributed by atoms with Crippen LogP contribution in [-0.2, 0) is 0 Å². The maximum atomic E-state index is 8.37. The molecule has 10 heavy (non-hydrogen) atoms. The molecular formula is C8H17NO. The Balaban J connectivity index is 0.000000810. The van der Waals surface area contributed by atoms with Crippen molar-refractivity contribution in [3.63, 3.8) is 0 Å². The third-order valence-electron chi connectivity index (χ3n) is 1.99. The summed E-state index contributed by atoms with van der Waals surface area (Å²) in [6.07, 6.45) is 4.38. The molecule has 2 nitrogen and oxygen atoms in total. The van der Waals surface area contributed by atoms with Crippen LogP contribution in [0.4, 0.5) is 0 Å². The van der Waals surface area contributed by atoms with Gasteiger partial charge in [-0.25, -0.2) is 0 Å². The molecule has 1 rings (SSSR count). The van der Waals surface area contributed by atoms with Crippen molar-refractivity contribution in [2.24, 2.45) is 11.1 Å². The molecule has 0 aromatic heterocycles. The number of nitrogens with zero attached hydrogens (tertiary/aromatic N) is 1. The zero-order chi connectivity index (χ0) is 6.69. The van der Waals surface area contributed by atoms with Crippen LogP contribution in [0.2, 0.25) is 0 Å². The van der Waals surface area contributed by atoms with Crippen LogP contribution in [-0.4, -0.2) is 10.9 Å². The fourth-order valence-electron chi connectivity index (χ4n) is 1.20. The largest absolute Gasteiger partial charge is 0.411 e. The van der Waals surface area contributed by atoms with E-state index in [9.17, 15) is 0 Å². The molecule has 0 aromatic rings. The summed E-state index contributed by atoms with van der Waals surface area (Å²) in [5, 5.41) is 11.6. The first kappa shape index (κ1) is 9.47. The van der Waals surface area contributed by atoms with Crippen LogP contribution >= 0.6 is 0 Å². The molecule has 0 radical (unpaired) electrons. The Labute approximate surface area is 62.9 Å². The minimum absolute atomic E-state index is 0. The molecule has 0 spiro atoms. The van der Waals surface area contributed by atoms with E-state index in [0.717, 1.165) is 24.5 Å². The Hall–Kier alpha value is -0.530. The van der Waals surface area contributed by atoms with Gasteiger partial charge in [0.25, 0.3) is 0 Å². The Morgan fingerprint density at radius 1 is 1.40 bits per heavy atom. The molecule has 0 heterocycles. The number of rotatable bonds is 0. The summed E-state index contributed by atoms with van der Waals surface area (Å²) in [6, 6.07) is 0. The van der Waals surface area contributed by atoms with Crippen molar-refractivity contribution in [2.45, 2.75) is 40.0 Å². The average molecular weight is 143 g/mol. The fraction of sp³-hybridized carbons (Fsp3) is 0.875. The lowest BCUT2D eigenvalue weighted by Crippen LogP contribution is -2.11. The lowest BCUT2D eigenvalue weighted by atomic mass is 9.90. The third-order valence-corrected chi connectivity index (χ3v) is 1.99. The average Bonchev–Trinajstić information content (AvgIpc) is 1.90. The monoisotopic (exact) mass is 143 g/mol. The van der Waals surface area contributed by atoms with Crippen molar-refractivity contribution in [1.82, 2.24) is 0 Å². The molecular weight excluding hydrogens is 126 g/mol. The van der Waals surface area contributed by atoms with Gasteiger partial charge in [0, 0.05) is 0 Å². The standard InChI is InChI=1S/C7H13NO.CH4/c1-6-2-4-7(8-9)5-3-6;/h6,9H,2-5H2,1H3;1H4. The van der Waals surface area contributed by atoms with Crippen molar-refractivity contribution in [3.05, 3.63) is 0 Å². The molecule has 0 aromatic carbocycles. The van der Waals surface area contributed by atoms with Crippen LogP contribution in [0.25, 0.3) is 0 Å². The van der Waals surface area contributed by atoms with Gasteiger partial charge in [0.05, 0.1) is 5.71 Å². The predicted octanol–water partition coefficient (Wildman–Crippen LogP) is 2.66. The molecule has 0 atom stereocenters. The van der Waals surface area contributed by atoms with E-state index in [1.54, 1.807) is 0 Å². The van der Waals surface area contributed by atoms with Gasteiger partial charge in [-0.1, -0.05) is 19.5 Å². The lowest BCUT2D eigenvalue weighted by Gasteiger charge is -2.17. The summed E-state index contributed by atoms with van der Waals surface area (Å²) in [7, 11) is 0. The summed E-state index contributed by atoms with van der Waals surface area (Å²) < 4.78 is 0. The Morgan fingerprint density at radius 2 is 1.90 bits per heavy atom. The van der Waals surface area contributed by atoms with Gasteiger partial charge in [0.15, 0.2) is 0 Å². The van der Waals surface area contributed by atoms with Crippen molar-refractivity contribution in [1.29, 1.82) is 0 Å². The third kappa shape index (κ3) is 2.38. The van der Waals surface area contributed by atoms with E-state index in [2.05, 4.69) is 12.1 Å². The molecule has 60 valence electrons. The number of hydrogen-bond acceptors (Lipinski definition) is 2. The van der Waals surface area contributed by atoms with Gasteiger partial charge in [-0.3, -0.25) is 0 Å². The van der Waals surface area contributed by atoms with Gasteiger partial charge in [-0.05, 0) is 31.6 Å². The van der Waals surface area contributed by atoms with Crippen molar-refractivity contribution >= 4 is 5.71 Å². The highest BCUT2D eigenvalue weighted by molar-refractivity contribution is 5.84.